The number of hydrogen-bond donors (Lipinski definition) is 1. The van der Waals surface area contributed by atoms with Crippen molar-refractivity contribution in [3.05, 3.63) is 48.4 Å². The van der Waals surface area contributed by atoms with Crippen LogP contribution in [0.3, 0.4) is 0 Å². The Hall–Kier alpha value is -2.81. The number of carbonyl (C=O) groups is 2. The van der Waals surface area contributed by atoms with E-state index in [1.165, 1.54) is 36.3 Å². The predicted octanol–water partition coefficient (Wildman–Crippen LogP) is 2.57. The molecule has 0 aliphatic carbocycles. The maximum absolute atomic E-state index is 12.7. The van der Waals surface area contributed by atoms with Crippen LogP contribution < -0.4 is 9.46 Å². The van der Waals surface area contributed by atoms with Crippen molar-refractivity contribution >= 4 is 21.8 Å². The molecular formula is C20H24N2O6S. The molecule has 1 aliphatic heterocycles. The van der Waals surface area contributed by atoms with Crippen LogP contribution in [0.15, 0.2) is 52.0 Å². The monoisotopic (exact) mass is 420 g/mol. The van der Waals surface area contributed by atoms with E-state index in [4.69, 9.17) is 9.15 Å². The van der Waals surface area contributed by atoms with Gasteiger partial charge < -0.3 is 14.1 Å². The van der Waals surface area contributed by atoms with Crippen molar-refractivity contribution in [1.82, 2.24) is 9.62 Å². The highest BCUT2D eigenvalue weighted by Gasteiger charge is 2.51. The van der Waals surface area contributed by atoms with Crippen LogP contribution in [-0.2, 0) is 14.8 Å². The second-order valence-electron chi connectivity index (χ2n) is 7.07. The minimum atomic E-state index is -4.08. The summed E-state index contributed by atoms with van der Waals surface area (Å²) in [5.41, 5.74) is -1.26. The summed E-state index contributed by atoms with van der Waals surface area (Å²) in [7, 11) is -4.08. The topological polar surface area (TPSA) is 106 Å². The molecule has 1 N–H and O–H groups in total. The van der Waals surface area contributed by atoms with Crippen molar-refractivity contribution in [3.63, 3.8) is 0 Å². The molecule has 156 valence electrons. The van der Waals surface area contributed by atoms with Crippen LogP contribution >= 0.6 is 0 Å². The summed E-state index contributed by atoms with van der Waals surface area (Å²) in [6.07, 6.45) is 3.62. The molecule has 2 heterocycles. The van der Waals surface area contributed by atoms with Crippen molar-refractivity contribution in [2.45, 2.75) is 43.5 Å². The summed E-state index contributed by atoms with van der Waals surface area (Å²) in [6.45, 7) is 4.48. The van der Waals surface area contributed by atoms with Gasteiger partial charge in [-0.3, -0.25) is 9.59 Å². The van der Waals surface area contributed by atoms with Gasteiger partial charge in [0.1, 0.15) is 11.3 Å². The van der Waals surface area contributed by atoms with Gasteiger partial charge in [0.25, 0.3) is 21.8 Å². The van der Waals surface area contributed by atoms with Gasteiger partial charge in [-0.05, 0) is 56.2 Å². The molecule has 2 amide bonds. The van der Waals surface area contributed by atoms with Crippen molar-refractivity contribution in [3.8, 4) is 5.75 Å². The van der Waals surface area contributed by atoms with Crippen LogP contribution in [0.5, 0.6) is 5.75 Å². The van der Waals surface area contributed by atoms with Crippen LogP contribution in [0.25, 0.3) is 0 Å². The standard InChI is InChI=1S/C20H24N2O6S/c1-3-4-13-27-15-7-9-16(10-8-15)29(25,26)21-19(24)20(2)11-12-22(20)18(23)17-6-5-14-28-17/h5-10,14H,3-4,11-13H2,1-2H3,(H,21,24). The highest BCUT2D eigenvalue weighted by molar-refractivity contribution is 7.90. The number of nitrogens with one attached hydrogen (secondary N) is 1. The molecule has 1 aromatic heterocycles. The largest absolute Gasteiger partial charge is 0.494 e. The number of likely N-dealkylation sites (tertiary alicyclic amines) is 1. The van der Waals surface area contributed by atoms with E-state index in [1.807, 2.05) is 6.92 Å². The fourth-order valence-electron chi connectivity index (χ4n) is 2.99. The van der Waals surface area contributed by atoms with E-state index in [-0.39, 0.29) is 10.7 Å². The Morgan fingerprint density at radius 3 is 2.52 bits per heavy atom. The Kier molecular flexibility index (Phi) is 5.97. The highest BCUT2D eigenvalue weighted by Crippen LogP contribution is 2.32. The number of ether oxygens (including phenoxy) is 1. The molecule has 0 spiro atoms. The van der Waals surface area contributed by atoms with Crippen molar-refractivity contribution in [2.75, 3.05) is 13.2 Å². The first-order valence-corrected chi connectivity index (χ1v) is 10.9. The Morgan fingerprint density at radius 1 is 1.24 bits per heavy atom. The minimum absolute atomic E-state index is 0.0551. The zero-order valence-corrected chi connectivity index (χ0v) is 17.2. The fraction of sp³-hybridized carbons (Fsp3) is 0.400. The van der Waals surface area contributed by atoms with Crippen molar-refractivity contribution in [1.29, 1.82) is 0 Å². The lowest BCUT2D eigenvalue weighted by molar-refractivity contribution is -0.135. The number of benzene rings is 1. The quantitative estimate of drug-likeness (QED) is 0.658. The Labute approximate surface area is 169 Å². The van der Waals surface area contributed by atoms with Gasteiger partial charge in [-0.25, -0.2) is 13.1 Å². The first kappa shape index (κ1) is 20.9. The molecule has 1 fully saturated rings. The van der Waals surface area contributed by atoms with Crippen molar-refractivity contribution < 1.29 is 27.2 Å². The minimum Gasteiger partial charge on any atom is -0.494 e. The first-order valence-electron chi connectivity index (χ1n) is 9.43. The molecule has 8 nitrogen and oxygen atoms in total. The molecule has 1 unspecified atom stereocenters. The van der Waals surface area contributed by atoms with Crippen LogP contribution in [0.4, 0.5) is 0 Å². The van der Waals surface area contributed by atoms with Gasteiger partial charge in [-0.2, -0.15) is 0 Å². The molecule has 2 aromatic rings. The third-order valence-corrected chi connectivity index (χ3v) is 6.36. The summed E-state index contributed by atoms with van der Waals surface area (Å²) in [5, 5.41) is 0. The summed E-state index contributed by atoms with van der Waals surface area (Å²) in [6, 6.07) is 8.93. The Bertz CT molecular complexity index is 969. The smallest absolute Gasteiger partial charge is 0.290 e. The molecule has 1 atom stereocenters. The van der Waals surface area contributed by atoms with Gasteiger partial charge in [0.2, 0.25) is 0 Å². The first-order chi connectivity index (χ1) is 13.8. The van der Waals surface area contributed by atoms with E-state index < -0.39 is 27.4 Å². The number of amides is 2. The maximum Gasteiger partial charge on any atom is 0.290 e. The maximum atomic E-state index is 12.7. The van der Waals surface area contributed by atoms with Crippen LogP contribution in [-0.4, -0.2) is 43.8 Å². The molecule has 1 aromatic carbocycles. The average Bonchev–Trinajstić information content (AvgIpc) is 3.21. The summed E-state index contributed by atoms with van der Waals surface area (Å²) < 4.78 is 37.9. The van der Waals surface area contributed by atoms with E-state index in [0.29, 0.717) is 25.3 Å². The lowest BCUT2D eigenvalue weighted by Crippen LogP contribution is -2.67. The van der Waals surface area contributed by atoms with Gasteiger partial charge in [0, 0.05) is 6.54 Å². The van der Waals surface area contributed by atoms with Gasteiger partial charge >= 0.3 is 0 Å². The predicted molar refractivity (Wildman–Crippen MR) is 105 cm³/mol. The van der Waals surface area contributed by atoms with E-state index in [2.05, 4.69) is 4.72 Å². The van der Waals surface area contributed by atoms with E-state index in [0.717, 1.165) is 12.8 Å². The van der Waals surface area contributed by atoms with Gasteiger partial charge in [-0.1, -0.05) is 13.3 Å². The normalized spacial score (nSPS) is 18.8. The number of sulfonamides is 1. The lowest BCUT2D eigenvalue weighted by Gasteiger charge is -2.48. The van der Waals surface area contributed by atoms with Gasteiger partial charge in [0.05, 0.1) is 17.8 Å². The summed E-state index contributed by atoms with van der Waals surface area (Å²) in [4.78, 5) is 26.5. The number of nitrogens with zero attached hydrogens (tertiary/aromatic N) is 1. The Morgan fingerprint density at radius 2 is 1.97 bits per heavy atom. The van der Waals surface area contributed by atoms with Crippen LogP contribution in [0, 0.1) is 0 Å². The number of carbonyl (C=O) groups excluding carboxylic acids is 2. The van der Waals surface area contributed by atoms with Gasteiger partial charge in [-0.15, -0.1) is 0 Å². The zero-order chi connectivity index (χ0) is 21.1. The second-order valence-corrected chi connectivity index (χ2v) is 8.75. The fourth-order valence-corrected chi connectivity index (χ4v) is 4.07. The third-order valence-electron chi connectivity index (χ3n) is 5.01. The van der Waals surface area contributed by atoms with Crippen LogP contribution in [0.1, 0.15) is 43.7 Å². The number of rotatable bonds is 8. The third kappa shape index (κ3) is 4.29. The van der Waals surface area contributed by atoms with Crippen molar-refractivity contribution in [2.24, 2.45) is 0 Å². The molecule has 1 saturated heterocycles. The highest BCUT2D eigenvalue weighted by atomic mass is 32.2. The summed E-state index contributed by atoms with van der Waals surface area (Å²) in [5.74, 6) is -0.549. The molecule has 0 radical (unpaired) electrons. The van der Waals surface area contributed by atoms with E-state index in [1.54, 1.807) is 18.2 Å². The van der Waals surface area contributed by atoms with E-state index >= 15 is 0 Å². The zero-order valence-electron chi connectivity index (χ0n) is 16.4. The molecule has 0 bridgehead atoms. The average molecular weight is 420 g/mol. The van der Waals surface area contributed by atoms with Gasteiger partial charge in [0.15, 0.2) is 5.76 Å². The number of unbranched alkanes of at least 4 members (excludes halogenated alkanes) is 1. The number of furan rings is 1. The molecule has 3 rings (SSSR count). The molecule has 9 heteroatoms. The SMILES string of the molecule is CCCCOc1ccc(S(=O)(=O)NC(=O)C2(C)CCN2C(=O)c2ccco2)cc1. The Balaban J connectivity index is 1.68. The molecule has 0 saturated carbocycles. The lowest BCUT2D eigenvalue weighted by atomic mass is 9.85. The molecule has 1 aliphatic rings. The molecule has 29 heavy (non-hydrogen) atoms. The van der Waals surface area contributed by atoms with E-state index in [9.17, 15) is 18.0 Å². The summed E-state index contributed by atoms with van der Waals surface area (Å²) >= 11 is 0. The second kappa shape index (κ2) is 8.28. The van der Waals surface area contributed by atoms with Crippen LogP contribution in [0.2, 0.25) is 0 Å². The number of hydrogen-bond acceptors (Lipinski definition) is 6. The molecular weight excluding hydrogens is 396 g/mol.